The average molecular weight is 382 g/mol. The molecule has 1 saturated carbocycles. The summed E-state index contributed by atoms with van der Waals surface area (Å²) in [6, 6.07) is 3.62. The molecule has 6 nitrogen and oxygen atoms in total. The summed E-state index contributed by atoms with van der Waals surface area (Å²) >= 11 is 5.82. The van der Waals surface area contributed by atoms with E-state index >= 15 is 0 Å². The van der Waals surface area contributed by atoms with Crippen molar-refractivity contribution in [2.24, 2.45) is 5.92 Å². The smallest absolute Gasteiger partial charge is 0.332 e. The molecule has 1 aliphatic heterocycles. The molecule has 2 fully saturated rings. The molecule has 142 valence electrons. The number of nitrogens with one attached hydrogen (secondary N) is 1. The van der Waals surface area contributed by atoms with Gasteiger partial charge in [0.1, 0.15) is 11.4 Å². The van der Waals surface area contributed by atoms with E-state index in [1.165, 1.54) is 0 Å². The van der Waals surface area contributed by atoms with Crippen LogP contribution in [0.5, 0.6) is 0 Å². The minimum absolute atomic E-state index is 0.0911. The van der Waals surface area contributed by atoms with Gasteiger partial charge in [0.15, 0.2) is 11.2 Å². The Morgan fingerprint density at radius 3 is 2.73 bits per heavy atom. The Bertz CT molecular complexity index is 633. The summed E-state index contributed by atoms with van der Waals surface area (Å²) in [5.41, 5.74) is -0.829. The molecule has 1 saturated heterocycles. The lowest BCUT2D eigenvalue weighted by Crippen LogP contribution is -2.53. The second kappa shape index (κ2) is 8.25. The fourth-order valence-corrected chi connectivity index (χ4v) is 4.14. The van der Waals surface area contributed by atoms with Crippen molar-refractivity contribution in [2.75, 3.05) is 6.54 Å². The van der Waals surface area contributed by atoms with Crippen LogP contribution >= 0.6 is 11.6 Å². The van der Waals surface area contributed by atoms with Crippen LogP contribution in [0.3, 0.4) is 0 Å². The summed E-state index contributed by atoms with van der Waals surface area (Å²) in [5.74, 6) is -0.105. The second-order valence-corrected chi connectivity index (χ2v) is 7.59. The zero-order valence-corrected chi connectivity index (χ0v) is 15.4. The molecule has 3 rings (SSSR count). The van der Waals surface area contributed by atoms with Crippen LogP contribution in [-0.4, -0.2) is 35.2 Å². The molecular formula is C19H24ClNO5. The van der Waals surface area contributed by atoms with E-state index in [1.807, 2.05) is 6.07 Å². The molecule has 2 heterocycles. The number of carbonyl (C=O) groups is 3. The maximum absolute atomic E-state index is 12.2. The van der Waals surface area contributed by atoms with E-state index in [1.54, 1.807) is 12.3 Å². The van der Waals surface area contributed by atoms with Gasteiger partial charge in [-0.1, -0.05) is 12.8 Å². The van der Waals surface area contributed by atoms with Crippen LogP contribution in [0, 0.1) is 5.92 Å². The number of hydrogen-bond acceptors (Lipinski definition) is 5. The molecule has 1 aromatic rings. The molecule has 2 atom stereocenters. The lowest BCUT2D eigenvalue weighted by atomic mass is 9.77. The first kappa shape index (κ1) is 19.0. The number of rotatable bonds is 7. The van der Waals surface area contributed by atoms with Crippen LogP contribution in [0.1, 0.15) is 50.7 Å². The minimum Gasteiger partial charge on any atom is -0.469 e. The Hall–Kier alpha value is -1.82. The summed E-state index contributed by atoms with van der Waals surface area (Å²) in [6.45, 7) is 0.362. The fraction of sp³-hybridized carbons (Fsp3) is 0.632. The molecule has 7 heteroatoms. The molecule has 2 unspecified atom stereocenters. The molecule has 1 aromatic heterocycles. The normalized spacial score (nSPS) is 26.7. The zero-order valence-electron chi connectivity index (χ0n) is 14.7. The first-order valence-electron chi connectivity index (χ1n) is 9.19. The maximum atomic E-state index is 12.2. The fourth-order valence-electron chi connectivity index (χ4n) is 4.02. The number of furan rings is 1. The van der Waals surface area contributed by atoms with Gasteiger partial charge in [0.25, 0.3) is 0 Å². The van der Waals surface area contributed by atoms with Gasteiger partial charge in [-0.05, 0) is 30.9 Å². The Kier molecular flexibility index (Phi) is 6.01. The molecule has 1 amide bonds. The summed E-state index contributed by atoms with van der Waals surface area (Å²) < 4.78 is 10.9. The molecule has 0 spiro atoms. The van der Waals surface area contributed by atoms with Crippen molar-refractivity contribution < 1.29 is 23.5 Å². The number of cyclic esters (lactones) is 1. The van der Waals surface area contributed by atoms with Crippen molar-refractivity contribution in [1.29, 1.82) is 0 Å². The van der Waals surface area contributed by atoms with Gasteiger partial charge in [0.05, 0.1) is 6.26 Å². The van der Waals surface area contributed by atoms with E-state index < -0.39 is 16.9 Å². The Labute approximate surface area is 157 Å². The van der Waals surface area contributed by atoms with E-state index in [0.717, 1.165) is 31.4 Å². The number of alkyl halides is 1. The molecular weight excluding hydrogens is 358 g/mol. The Morgan fingerprint density at radius 1 is 1.31 bits per heavy atom. The molecule has 0 aromatic carbocycles. The van der Waals surface area contributed by atoms with Crippen LogP contribution in [0.25, 0.3) is 0 Å². The number of halogens is 1. The molecule has 0 bridgehead atoms. The van der Waals surface area contributed by atoms with Crippen molar-refractivity contribution in [3.05, 3.63) is 24.2 Å². The maximum Gasteiger partial charge on any atom is 0.332 e. The number of carbonyl (C=O) groups excluding carboxylic acids is 3. The highest BCUT2D eigenvalue weighted by Gasteiger charge is 2.51. The Morgan fingerprint density at radius 2 is 2.08 bits per heavy atom. The van der Waals surface area contributed by atoms with Crippen molar-refractivity contribution in [3.63, 3.8) is 0 Å². The summed E-state index contributed by atoms with van der Waals surface area (Å²) in [7, 11) is 0. The van der Waals surface area contributed by atoms with E-state index in [4.69, 9.17) is 20.8 Å². The van der Waals surface area contributed by atoms with Gasteiger partial charge < -0.3 is 14.5 Å². The van der Waals surface area contributed by atoms with Crippen LogP contribution in [-0.2, 0) is 25.5 Å². The van der Waals surface area contributed by atoms with Gasteiger partial charge in [-0.2, -0.15) is 0 Å². The highest BCUT2D eigenvalue weighted by molar-refractivity contribution is 6.41. The van der Waals surface area contributed by atoms with Crippen molar-refractivity contribution in [3.8, 4) is 0 Å². The lowest BCUT2D eigenvalue weighted by Gasteiger charge is -2.42. The number of ether oxygens (including phenoxy) is 1. The van der Waals surface area contributed by atoms with Gasteiger partial charge in [0.2, 0.25) is 5.91 Å². The zero-order chi connectivity index (χ0) is 18.6. The highest BCUT2D eigenvalue weighted by atomic mass is 35.5. The third-order valence-electron chi connectivity index (χ3n) is 5.42. The van der Waals surface area contributed by atoms with Gasteiger partial charge in [0, 0.05) is 32.2 Å². The summed E-state index contributed by atoms with van der Waals surface area (Å²) in [5, 5.41) is 1.66. The summed E-state index contributed by atoms with van der Waals surface area (Å²) in [4.78, 5) is 36.2. The Balaban J connectivity index is 1.55. The number of Topliss-reactive ketones (excluding diaryl/α,β-unsaturated/α-hetero) is 1. The average Bonchev–Trinajstić information content (AvgIpc) is 3.31. The number of amides is 1. The predicted molar refractivity (Wildman–Crippen MR) is 94.7 cm³/mol. The first-order chi connectivity index (χ1) is 12.5. The molecule has 26 heavy (non-hydrogen) atoms. The largest absolute Gasteiger partial charge is 0.469 e. The molecule has 0 radical (unpaired) electrons. The van der Waals surface area contributed by atoms with Gasteiger partial charge >= 0.3 is 5.97 Å². The summed E-state index contributed by atoms with van der Waals surface area (Å²) in [6.07, 6.45) is 7.01. The SMILES string of the molecule is O=C(CCc1ccco1)NCCC1(C2CCCC2)CC(=O)C(Cl)C(=O)O1. The third kappa shape index (κ3) is 4.29. The quantitative estimate of drug-likeness (QED) is 0.446. The third-order valence-corrected chi connectivity index (χ3v) is 5.84. The van der Waals surface area contributed by atoms with Crippen LogP contribution in [0.2, 0.25) is 0 Å². The standard InChI is InChI=1S/C19H24ClNO5/c20-17-15(22)12-19(26-18(17)24,13-4-1-2-5-13)9-10-21-16(23)8-7-14-6-3-11-25-14/h3,6,11,13,17H,1-2,4-5,7-10,12H2,(H,21,23). The van der Waals surface area contributed by atoms with Crippen molar-refractivity contribution in [2.45, 2.75) is 62.3 Å². The number of esters is 1. The molecule has 1 aliphatic carbocycles. The van der Waals surface area contributed by atoms with Crippen LogP contribution in [0.4, 0.5) is 0 Å². The number of aryl methyl sites for hydroxylation is 1. The predicted octanol–water partition coefficient (Wildman–Crippen LogP) is 2.77. The van der Waals surface area contributed by atoms with E-state index in [-0.39, 0.29) is 24.0 Å². The van der Waals surface area contributed by atoms with Crippen molar-refractivity contribution in [1.82, 2.24) is 5.32 Å². The number of ketones is 1. The highest BCUT2D eigenvalue weighted by Crippen LogP contribution is 2.43. The van der Waals surface area contributed by atoms with E-state index in [0.29, 0.717) is 25.8 Å². The van der Waals surface area contributed by atoms with Gasteiger partial charge in [-0.15, -0.1) is 11.6 Å². The number of hydrogen-bond donors (Lipinski definition) is 1. The minimum atomic E-state index is -1.20. The van der Waals surface area contributed by atoms with E-state index in [9.17, 15) is 14.4 Å². The lowest BCUT2D eigenvalue weighted by molar-refractivity contribution is -0.177. The van der Waals surface area contributed by atoms with Crippen LogP contribution in [0.15, 0.2) is 22.8 Å². The van der Waals surface area contributed by atoms with Gasteiger partial charge in [-0.25, -0.2) is 4.79 Å². The van der Waals surface area contributed by atoms with Gasteiger partial charge in [-0.3, -0.25) is 9.59 Å². The monoisotopic (exact) mass is 381 g/mol. The topological polar surface area (TPSA) is 85.6 Å². The molecule has 2 aliphatic rings. The van der Waals surface area contributed by atoms with Crippen LogP contribution < -0.4 is 5.32 Å². The van der Waals surface area contributed by atoms with E-state index in [2.05, 4.69) is 5.32 Å². The first-order valence-corrected chi connectivity index (χ1v) is 9.62. The second-order valence-electron chi connectivity index (χ2n) is 7.15. The van der Waals surface area contributed by atoms with Crippen molar-refractivity contribution >= 4 is 29.3 Å². The molecule has 1 N–H and O–H groups in total.